The molecule has 0 aromatic carbocycles. The Kier molecular flexibility index (Phi) is 1.60. The molecule has 1 aromatic rings. The van der Waals surface area contributed by atoms with E-state index in [1.54, 1.807) is 0 Å². The van der Waals surface area contributed by atoms with Crippen molar-refractivity contribution in [2.24, 2.45) is 0 Å². The first-order valence-corrected chi connectivity index (χ1v) is 4.45. The van der Waals surface area contributed by atoms with Gasteiger partial charge in [-0.3, -0.25) is 0 Å². The molecule has 0 atom stereocenters. The van der Waals surface area contributed by atoms with Gasteiger partial charge in [0.25, 0.3) is 0 Å². The van der Waals surface area contributed by atoms with Gasteiger partial charge >= 0.3 is 0 Å². The molecule has 0 bridgehead atoms. The molecule has 1 aliphatic carbocycles. The van der Waals surface area contributed by atoms with Crippen LogP contribution in [0.2, 0.25) is 0 Å². The van der Waals surface area contributed by atoms with Crippen LogP contribution in [0, 0.1) is 0 Å². The largest absolute Gasteiger partial charge is 0.394 e. The van der Waals surface area contributed by atoms with Crippen LogP contribution in [0.4, 0.5) is 5.69 Å². The van der Waals surface area contributed by atoms with Crippen molar-refractivity contribution in [2.75, 3.05) is 5.73 Å². The number of hydrogen-bond acceptors (Lipinski definition) is 3. The van der Waals surface area contributed by atoms with E-state index in [0.717, 1.165) is 17.1 Å². The van der Waals surface area contributed by atoms with Gasteiger partial charge in [0, 0.05) is 11.8 Å². The smallest absolute Gasteiger partial charge is 0.162 e. The number of anilines is 1. The van der Waals surface area contributed by atoms with Gasteiger partial charge in [-0.05, 0) is 12.8 Å². The molecule has 2 rings (SSSR count). The lowest BCUT2D eigenvalue weighted by Gasteiger charge is -1.98. The summed E-state index contributed by atoms with van der Waals surface area (Å²) in [5.41, 5.74) is 7.59. The maximum Gasteiger partial charge on any atom is 0.162 e. The van der Waals surface area contributed by atoms with Gasteiger partial charge in [0.05, 0.1) is 5.69 Å². The summed E-state index contributed by atoms with van der Waals surface area (Å²) in [6.45, 7) is 4.15. The van der Waals surface area contributed by atoms with Crippen LogP contribution in [0.5, 0.6) is 0 Å². The molecule has 3 nitrogen and oxygen atoms in total. The third kappa shape index (κ3) is 1.09. The predicted octanol–water partition coefficient (Wildman–Crippen LogP) is 2.26. The van der Waals surface area contributed by atoms with E-state index in [1.165, 1.54) is 12.8 Å². The van der Waals surface area contributed by atoms with Crippen molar-refractivity contribution >= 4 is 5.69 Å². The average molecular weight is 166 g/mol. The Morgan fingerprint density at radius 1 is 1.50 bits per heavy atom. The minimum absolute atomic E-state index is 0.362. The Labute approximate surface area is 71.9 Å². The minimum atomic E-state index is 0.362. The summed E-state index contributed by atoms with van der Waals surface area (Å²) in [7, 11) is 0. The van der Waals surface area contributed by atoms with E-state index < -0.39 is 0 Å². The van der Waals surface area contributed by atoms with Crippen molar-refractivity contribution in [1.29, 1.82) is 0 Å². The molecule has 0 amide bonds. The Bertz CT molecular complexity index is 267. The summed E-state index contributed by atoms with van der Waals surface area (Å²) >= 11 is 0. The maximum atomic E-state index is 5.89. The van der Waals surface area contributed by atoms with Gasteiger partial charge in [-0.15, -0.1) is 0 Å². The fourth-order valence-corrected chi connectivity index (χ4v) is 1.38. The fourth-order valence-electron chi connectivity index (χ4n) is 1.38. The van der Waals surface area contributed by atoms with Crippen LogP contribution in [0.25, 0.3) is 0 Å². The molecule has 0 radical (unpaired) electrons. The van der Waals surface area contributed by atoms with Crippen molar-refractivity contribution < 1.29 is 4.52 Å². The quantitative estimate of drug-likeness (QED) is 0.733. The molecule has 1 aromatic heterocycles. The van der Waals surface area contributed by atoms with E-state index in [4.69, 9.17) is 10.3 Å². The monoisotopic (exact) mass is 166 g/mol. The molecule has 1 heterocycles. The Morgan fingerprint density at radius 3 is 2.58 bits per heavy atom. The highest BCUT2D eigenvalue weighted by atomic mass is 16.5. The minimum Gasteiger partial charge on any atom is -0.394 e. The second-order valence-corrected chi connectivity index (χ2v) is 3.77. The lowest BCUT2D eigenvalue weighted by Crippen LogP contribution is -1.95. The number of nitrogens with zero attached hydrogens (tertiary/aromatic N) is 1. The average Bonchev–Trinajstić information content (AvgIpc) is 2.75. The second kappa shape index (κ2) is 2.51. The zero-order chi connectivity index (χ0) is 8.72. The highest BCUT2D eigenvalue weighted by molar-refractivity contribution is 5.50. The number of hydrogen-bond donors (Lipinski definition) is 1. The highest BCUT2D eigenvalue weighted by Gasteiger charge is 2.31. The molecular weight excluding hydrogens is 152 g/mol. The number of rotatable bonds is 2. The standard InChI is InChI=1S/C9H14N2O/c1-5(2)8-7(10)9(12-11-8)6-3-4-6/h5-6H,3-4,10H2,1-2H3. The lowest BCUT2D eigenvalue weighted by molar-refractivity contribution is 0.376. The SMILES string of the molecule is CC(C)c1noc(C2CC2)c1N. The number of nitrogen functional groups attached to an aromatic ring is 1. The number of nitrogens with two attached hydrogens (primary N) is 1. The van der Waals surface area contributed by atoms with E-state index in [2.05, 4.69) is 19.0 Å². The van der Waals surface area contributed by atoms with E-state index in [9.17, 15) is 0 Å². The zero-order valence-corrected chi connectivity index (χ0v) is 7.50. The first kappa shape index (κ1) is 7.65. The Hall–Kier alpha value is -0.990. The molecule has 0 spiro atoms. The summed E-state index contributed by atoms with van der Waals surface area (Å²) in [4.78, 5) is 0. The fraction of sp³-hybridized carbons (Fsp3) is 0.667. The molecule has 3 heteroatoms. The van der Waals surface area contributed by atoms with Crippen LogP contribution >= 0.6 is 0 Å². The van der Waals surface area contributed by atoms with Crippen molar-refractivity contribution in [3.63, 3.8) is 0 Å². The first-order valence-electron chi connectivity index (χ1n) is 4.45. The molecule has 0 saturated heterocycles. The van der Waals surface area contributed by atoms with Crippen molar-refractivity contribution in [1.82, 2.24) is 5.16 Å². The van der Waals surface area contributed by atoms with E-state index >= 15 is 0 Å². The molecule has 2 N–H and O–H groups in total. The van der Waals surface area contributed by atoms with E-state index in [1.807, 2.05) is 0 Å². The molecule has 1 fully saturated rings. The van der Waals surface area contributed by atoms with Crippen molar-refractivity contribution in [3.8, 4) is 0 Å². The molecule has 0 aliphatic heterocycles. The van der Waals surface area contributed by atoms with Gasteiger partial charge in [-0.1, -0.05) is 19.0 Å². The lowest BCUT2D eigenvalue weighted by atomic mass is 10.1. The molecule has 66 valence electrons. The van der Waals surface area contributed by atoms with Crippen molar-refractivity contribution in [2.45, 2.75) is 38.5 Å². The second-order valence-electron chi connectivity index (χ2n) is 3.77. The van der Waals surface area contributed by atoms with E-state index in [0.29, 0.717) is 11.8 Å². The summed E-state index contributed by atoms with van der Waals surface area (Å²) < 4.78 is 5.21. The molecule has 0 unspecified atom stereocenters. The van der Waals surface area contributed by atoms with Crippen LogP contribution in [-0.2, 0) is 0 Å². The van der Waals surface area contributed by atoms with Crippen LogP contribution in [-0.4, -0.2) is 5.16 Å². The van der Waals surface area contributed by atoms with Crippen LogP contribution in [0.15, 0.2) is 4.52 Å². The summed E-state index contributed by atoms with van der Waals surface area (Å²) in [6, 6.07) is 0. The highest BCUT2D eigenvalue weighted by Crippen LogP contribution is 2.44. The summed E-state index contributed by atoms with van der Waals surface area (Å²) in [6.07, 6.45) is 2.41. The molecular formula is C9H14N2O. The van der Waals surface area contributed by atoms with Gasteiger partial charge in [0.2, 0.25) is 0 Å². The van der Waals surface area contributed by atoms with Gasteiger partial charge in [0.15, 0.2) is 5.76 Å². The number of aromatic nitrogens is 1. The maximum absolute atomic E-state index is 5.89. The first-order chi connectivity index (χ1) is 5.70. The van der Waals surface area contributed by atoms with Gasteiger partial charge in [-0.2, -0.15) is 0 Å². The van der Waals surface area contributed by atoms with Gasteiger partial charge in [0.1, 0.15) is 5.69 Å². The predicted molar refractivity (Wildman–Crippen MR) is 47.0 cm³/mol. The molecule has 1 saturated carbocycles. The summed E-state index contributed by atoms with van der Waals surface area (Å²) in [5.74, 6) is 1.84. The van der Waals surface area contributed by atoms with Crippen molar-refractivity contribution in [3.05, 3.63) is 11.5 Å². The summed E-state index contributed by atoms with van der Waals surface area (Å²) in [5, 5.41) is 3.98. The normalized spacial score (nSPS) is 17.2. The molecule has 1 aliphatic rings. The third-order valence-corrected chi connectivity index (χ3v) is 2.28. The molecule has 12 heavy (non-hydrogen) atoms. The Balaban J connectivity index is 2.33. The van der Waals surface area contributed by atoms with Crippen LogP contribution in [0.1, 0.15) is 50.0 Å². The Morgan fingerprint density at radius 2 is 2.17 bits per heavy atom. The van der Waals surface area contributed by atoms with Gasteiger partial charge in [-0.25, -0.2) is 0 Å². The van der Waals surface area contributed by atoms with Gasteiger partial charge < -0.3 is 10.3 Å². The third-order valence-electron chi connectivity index (χ3n) is 2.28. The van der Waals surface area contributed by atoms with Crippen LogP contribution in [0.3, 0.4) is 0 Å². The zero-order valence-electron chi connectivity index (χ0n) is 7.50. The van der Waals surface area contributed by atoms with Crippen LogP contribution < -0.4 is 5.73 Å². The topological polar surface area (TPSA) is 52.0 Å². The van der Waals surface area contributed by atoms with E-state index in [-0.39, 0.29) is 0 Å².